The van der Waals surface area contributed by atoms with Crippen molar-refractivity contribution in [3.8, 4) is 11.8 Å². The second-order valence-electron chi connectivity index (χ2n) is 3.67. The van der Waals surface area contributed by atoms with E-state index in [0.29, 0.717) is 16.4 Å². The van der Waals surface area contributed by atoms with Crippen LogP contribution in [0.2, 0.25) is 0 Å². The monoisotopic (exact) mass is 292 g/mol. The summed E-state index contributed by atoms with van der Waals surface area (Å²) in [6.07, 6.45) is 2.05. The third-order valence-electron chi connectivity index (χ3n) is 2.14. The molecule has 0 bridgehead atoms. The topological polar surface area (TPSA) is 62.2 Å². The molecule has 2 heterocycles. The molecular formula is C13H12N2O2S2. The molecule has 4 nitrogen and oxygen atoms in total. The number of nitrogens with zero attached hydrogens (tertiary/aromatic N) is 1. The number of aromatic nitrogens is 1. The van der Waals surface area contributed by atoms with Gasteiger partial charge in [-0.3, -0.25) is 10.1 Å². The summed E-state index contributed by atoms with van der Waals surface area (Å²) in [5.41, 5.74) is 0. The first-order chi connectivity index (χ1) is 9.19. The Labute approximate surface area is 119 Å². The Hall–Kier alpha value is -1.68. The molecule has 0 radical (unpaired) electrons. The third kappa shape index (κ3) is 3.89. The van der Waals surface area contributed by atoms with Gasteiger partial charge in [-0.25, -0.2) is 4.98 Å². The first-order valence-electron chi connectivity index (χ1n) is 5.62. The quantitative estimate of drug-likeness (QED) is 0.854. The van der Waals surface area contributed by atoms with E-state index in [1.807, 2.05) is 13.0 Å². The normalized spacial score (nSPS) is 9.79. The van der Waals surface area contributed by atoms with E-state index in [-0.39, 0.29) is 12.5 Å². The highest BCUT2D eigenvalue weighted by Gasteiger charge is 2.10. The highest BCUT2D eigenvalue weighted by atomic mass is 32.1. The number of carbonyl (C=O) groups is 1. The number of carbonyl (C=O) groups excluding carboxylic acids is 1. The minimum absolute atomic E-state index is 0.0487. The van der Waals surface area contributed by atoms with Gasteiger partial charge in [0.1, 0.15) is 0 Å². The van der Waals surface area contributed by atoms with Gasteiger partial charge in [-0.2, -0.15) is 0 Å². The number of hydrogen-bond acceptors (Lipinski definition) is 5. The predicted octanol–water partition coefficient (Wildman–Crippen LogP) is 2.50. The molecule has 6 heteroatoms. The number of rotatable bonds is 3. The van der Waals surface area contributed by atoms with Crippen LogP contribution in [0, 0.1) is 18.8 Å². The SMILES string of the molecule is Cc1ccc(C(=O)Nc2ncc(C#CCCO)s2)s1. The fourth-order valence-corrected chi connectivity index (χ4v) is 2.76. The maximum Gasteiger partial charge on any atom is 0.267 e. The van der Waals surface area contributed by atoms with Crippen LogP contribution in [0.15, 0.2) is 18.3 Å². The van der Waals surface area contributed by atoms with Crippen molar-refractivity contribution in [1.29, 1.82) is 0 Å². The Kier molecular flexibility index (Phi) is 4.68. The minimum Gasteiger partial charge on any atom is -0.395 e. The van der Waals surface area contributed by atoms with Crippen molar-refractivity contribution in [3.05, 3.63) is 33.0 Å². The molecule has 1 amide bonds. The van der Waals surface area contributed by atoms with Gasteiger partial charge < -0.3 is 5.11 Å². The lowest BCUT2D eigenvalue weighted by molar-refractivity contribution is 0.103. The number of amides is 1. The lowest BCUT2D eigenvalue weighted by atomic mass is 10.4. The van der Waals surface area contributed by atoms with Gasteiger partial charge in [-0.1, -0.05) is 23.2 Å². The average Bonchev–Trinajstić information content (AvgIpc) is 2.99. The standard InChI is InChI=1S/C13H12N2O2S2/c1-9-5-6-11(18-9)12(17)15-13-14-8-10(19-13)4-2-3-7-16/h5-6,8,16H,3,7H2,1H3,(H,14,15,17). The zero-order valence-corrected chi connectivity index (χ0v) is 11.9. The molecule has 2 rings (SSSR count). The number of thiophene rings is 1. The maximum absolute atomic E-state index is 11.9. The molecular weight excluding hydrogens is 280 g/mol. The predicted molar refractivity (Wildman–Crippen MR) is 77.7 cm³/mol. The number of aliphatic hydroxyl groups is 1. The molecule has 98 valence electrons. The van der Waals surface area contributed by atoms with E-state index >= 15 is 0 Å². The van der Waals surface area contributed by atoms with Crippen molar-refractivity contribution in [2.24, 2.45) is 0 Å². The molecule has 2 aromatic heterocycles. The highest BCUT2D eigenvalue weighted by Crippen LogP contribution is 2.20. The summed E-state index contributed by atoms with van der Waals surface area (Å²) in [6.45, 7) is 2.01. The Morgan fingerprint density at radius 1 is 1.47 bits per heavy atom. The first-order valence-corrected chi connectivity index (χ1v) is 7.25. The average molecular weight is 292 g/mol. The van der Waals surface area contributed by atoms with Gasteiger partial charge in [0.2, 0.25) is 0 Å². The van der Waals surface area contributed by atoms with Crippen LogP contribution in [0.1, 0.15) is 25.8 Å². The van der Waals surface area contributed by atoms with E-state index in [1.165, 1.54) is 22.7 Å². The van der Waals surface area contributed by atoms with Gasteiger partial charge in [-0.15, -0.1) is 11.3 Å². The van der Waals surface area contributed by atoms with Crippen molar-refractivity contribution >= 4 is 33.7 Å². The van der Waals surface area contributed by atoms with Crippen LogP contribution in [0.4, 0.5) is 5.13 Å². The second kappa shape index (κ2) is 6.48. The van der Waals surface area contributed by atoms with E-state index in [2.05, 4.69) is 22.1 Å². The molecule has 0 aliphatic rings. The van der Waals surface area contributed by atoms with Crippen molar-refractivity contribution < 1.29 is 9.90 Å². The zero-order valence-electron chi connectivity index (χ0n) is 10.3. The molecule has 0 fully saturated rings. The molecule has 0 aliphatic heterocycles. The number of nitrogens with one attached hydrogen (secondary N) is 1. The van der Waals surface area contributed by atoms with Crippen LogP contribution in [0.5, 0.6) is 0 Å². The van der Waals surface area contributed by atoms with E-state index in [1.54, 1.807) is 12.3 Å². The fourth-order valence-electron chi connectivity index (χ4n) is 1.31. The maximum atomic E-state index is 11.9. The fraction of sp³-hybridized carbons (Fsp3) is 0.231. The smallest absolute Gasteiger partial charge is 0.267 e. The molecule has 19 heavy (non-hydrogen) atoms. The number of anilines is 1. The van der Waals surface area contributed by atoms with E-state index in [4.69, 9.17) is 5.11 Å². The van der Waals surface area contributed by atoms with Crippen LogP contribution in [0.3, 0.4) is 0 Å². The molecule has 0 atom stereocenters. The summed E-state index contributed by atoms with van der Waals surface area (Å²) in [5, 5.41) is 11.9. The Morgan fingerprint density at radius 3 is 3.00 bits per heavy atom. The van der Waals surface area contributed by atoms with Crippen LogP contribution in [0.25, 0.3) is 0 Å². The van der Waals surface area contributed by atoms with E-state index < -0.39 is 0 Å². The number of aryl methyl sites for hydroxylation is 1. The molecule has 0 unspecified atom stereocenters. The summed E-state index contributed by atoms with van der Waals surface area (Å²) >= 11 is 2.77. The molecule has 0 spiro atoms. The second-order valence-corrected chi connectivity index (χ2v) is 5.99. The van der Waals surface area contributed by atoms with Crippen molar-refractivity contribution in [2.75, 3.05) is 11.9 Å². The molecule has 0 aliphatic carbocycles. The largest absolute Gasteiger partial charge is 0.395 e. The van der Waals surface area contributed by atoms with E-state index in [9.17, 15) is 4.79 Å². The van der Waals surface area contributed by atoms with Crippen LogP contribution in [-0.4, -0.2) is 22.6 Å². The molecule has 2 aromatic rings. The summed E-state index contributed by atoms with van der Waals surface area (Å²) in [6, 6.07) is 3.71. The van der Waals surface area contributed by atoms with Crippen molar-refractivity contribution in [3.63, 3.8) is 0 Å². The lowest BCUT2D eigenvalue weighted by Gasteiger charge is -1.96. The zero-order chi connectivity index (χ0) is 13.7. The Balaban J connectivity index is 2.00. The molecule has 0 saturated heterocycles. The van der Waals surface area contributed by atoms with Crippen LogP contribution >= 0.6 is 22.7 Å². The summed E-state index contributed by atoms with van der Waals surface area (Å²) < 4.78 is 0. The van der Waals surface area contributed by atoms with Gasteiger partial charge in [0.15, 0.2) is 5.13 Å². The van der Waals surface area contributed by atoms with Crippen molar-refractivity contribution in [1.82, 2.24) is 4.98 Å². The third-order valence-corrected chi connectivity index (χ3v) is 3.97. The molecule has 2 N–H and O–H groups in total. The van der Waals surface area contributed by atoms with Gasteiger partial charge in [0, 0.05) is 11.3 Å². The Bertz CT molecular complexity index is 634. The molecule has 0 saturated carbocycles. The van der Waals surface area contributed by atoms with Gasteiger partial charge in [0.25, 0.3) is 5.91 Å². The first kappa shape index (κ1) is 13.7. The lowest BCUT2D eigenvalue weighted by Crippen LogP contribution is -2.09. The molecule has 0 aromatic carbocycles. The number of aliphatic hydroxyl groups excluding tert-OH is 1. The summed E-state index contributed by atoms with van der Waals surface area (Å²) in [4.78, 5) is 18.5. The number of thiazole rings is 1. The number of hydrogen-bond donors (Lipinski definition) is 2. The minimum atomic E-state index is -0.151. The van der Waals surface area contributed by atoms with Crippen LogP contribution < -0.4 is 5.32 Å². The summed E-state index contributed by atoms with van der Waals surface area (Å²) in [7, 11) is 0. The summed E-state index contributed by atoms with van der Waals surface area (Å²) in [5.74, 6) is 5.54. The highest BCUT2D eigenvalue weighted by molar-refractivity contribution is 7.16. The van der Waals surface area contributed by atoms with E-state index in [0.717, 1.165) is 9.75 Å². The van der Waals surface area contributed by atoms with Crippen LogP contribution in [-0.2, 0) is 0 Å². The van der Waals surface area contributed by atoms with Gasteiger partial charge in [-0.05, 0) is 19.1 Å². The van der Waals surface area contributed by atoms with Gasteiger partial charge in [0.05, 0.1) is 22.6 Å². The Morgan fingerprint density at radius 2 is 2.32 bits per heavy atom. The van der Waals surface area contributed by atoms with Gasteiger partial charge >= 0.3 is 0 Å². The van der Waals surface area contributed by atoms with Crippen molar-refractivity contribution in [2.45, 2.75) is 13.3 Å².